The number of carbonyl (C=O) groups excluding carboxylic acids is 1. The number of nitrogens with zero attached hydrogens (tertiary/aromatic N) is 3. The molecule has 2 aromatic rings. The Morgan fingerprint density at radius 1 is 1.12 bits per heavy atom. The fraction of sp³-hybridized carbons (Fsp3) is 0.316. The highest BCUT2D eigenvalue weighted by atomic mass is 16.6. The van der Waals surface area contributed by atoms with Gasteiger partial charge in [0, 0.05) is 29.7 Å². The molecule has 0 aromatic carbocycles. The standard InChI is InChI=1S/C17H15N3O2.2CH4/c1-17(2)12-20(16(21)22-17)15-8-7-14(11-19-15)6-5-13-4-3-9-18-10-13;;/h3-4,7-11H,12H2,1-2H3;2*1H4. The van der Waals surface area contributed by atoms with Crippen molar-refractivity contribution in [2.24, 2.45) is 0 Å². The van der Waals surface area contributed by atoms with Gasteiger partial charge in [0.05, 0.1) is 6.54 Å². The van der Waals surface area contributed by atoms with E-state index in [1.807, 2.05) is 32.0 Å². The molecule has 1 fully saturated rings. The van der Waals surface area contributed by atoms with Gasteiger partial charge in [-0.15, -0.1) is 0 Å². The molecule has 0 saturated carbocycles. The quantitative estimate of drug-likeness (QED) is 0.747. The molecule has 5 nitrogen and oxygen atoms in total. The van der Waals surface area contributed by atoms with E-state index in [1.54, 1.807) is 24.7 Å². The molecule has 1 aliphatic heterocycles. The van der Waals surface area contributed by atoms with Crippen LogP contribution in [0.3, 0.4) is 0 Å². The summed E-state index contributed by atoms with van der Waals surface area (Å²) in [6.07, 6.45) is 4.69. The highest BCUT2D eigenvalue weighted by Crippen LogP contribution is 2.25. The Kier molecular flexibility index (Phi) is 6.07. The summed E-state index contributed by atoms with van der Waals surface area (Å²) in [5, 5.41) is 0. The van der Waals surface area contributed by atoms with Gasteiger partial charge in [-0.1, -0.05) is 26.7 Å². The molecule has 0 unspecified atom stereocenters. The van der Waals surface area contributed by atoms with Gasteiger partial charge in [-0.2, -0.15) is 0 Å². The lowest BCUT2D eigenvalue weighted by molar-refractivity contribution is 0.0871. The van der Waals surface area contributed by atoms with Gasteiger partial charge in [-0.25, -0.2) is 9.78 Å². The molecule has 0 spiro atoms. The predicted molar refractivity (Wildman–Crippen MR) is 95.8 cm³/mol. The SMILES string of the molecule is C.C.CC1(C)CN(c2ccc(C#Cc3cccnc3)cn2)C(=O)O1. The van der Waals surface area contributed by atoms with E-state index in [1.165, 1.54) is 4.90 Å². The van der Waals surface area contributed by atoms with Crippen molar-refractivity contribution in [2.75, 3.05) is 11.4 Å². The molecule has 0 N–H and O–H groups in total. The lowest BCUT2D eigenvalue weighted by atomic mass is 10.1. The summed E-state index contributed by atoms with van der Waals surface area (Å²) >= 11 is 0. The van der Waals surface area contributed by atoms with Gasteiger partial charge < -0.3 is 4.74 Å². The second-order valence-electron chi connectivity index (χ2n) is 5.61. The molecule has 3 heterocycles. The van der Waals surface area contributed by atoms with Crippen molar-refractivity contribution in [3.05, 3.63) is 54.0 Å². The highest BCUT2D eigenvalue weighted by molar-refractivity contribution is 5.89. The highest BCUT2D eigenvalue weighted by Gasteiger charge is 2.38. The van der Waals surface area contributed by atoms with E-state index >= 15 is 0 Å². The molecule has 0 bridgehead atoms. The van der Waals surface area contributed by atoms with Crippen LogP contribution in [0.2, 0.25) is 0 Å². The summed E-state index contributed by atoms with van der Waals surface area (Å²) in [7, 11) is 0. The normalized spacial score (nSPS) is 14.6. The Labute approximate surface area is 143 Å². The summed E-state index contributed by atoms with van der Waals surface area (Å²) in [6.45, 7) is 4.23. The van der Waals surface area contributed by atoms with E-state index in [0.717, 1.165) is 11.1 Å². The Bertz CT molecular complexity index is 744. The topological polar surface area (TPSA) is 55.3 Å². The van der Waals surface area contributed by atoms with Crippen molar-refractivity contribution >= 4 is 11.9 Å². The lowest BCUT2D eigenvalue weighted by Crippen LogP contribution is -2.28. The molecule has 1 amide bonds. The second kappa shape index (κ2) is 7.60. The molecule has 0 atom stereocenters. The van der Waals surface area contributed by atoms with Gasteiger partial charge in [0.2, 0.25) is 0 Å². The van der Waals surface area contributed by atoms with Crippen LogP contribution in [0.25, 0.3) is 0 Å². The van der Waals surface area contributed by atoms with Crippen LogP contribution in [0, 0.1) is 11.8 Å². The summed E-state index contributed by atoms with van der Waals surface area (Å²) in [5.41, 5.74) is 1.13. The largest absolute Gasteiger partial charge is 0.441 e. The number of amides is 1. The lowest BCUT2D eigenvalue weighted by Gasteiger charge is -2.14. The van der Waals surface area contributed by atoms with Crippen LogP contribution in [-0.2, 0) is 4.74 Å². The second-order valence-corrected chi connectivity index (χ2v) is 5.61. The maximum absolute atomic E-state index is 11.8. The summed E-state index contributed by atoms with van der Waals surface area (Å²) < 4.78 is 5.26. The third-order valence-electron chi connectivity index (χ3n) is 3.16. The molecule has 24 heavy (non-hydrogen) atoms. The molecule has 0 aliphatic carbocycles. The molecular formula is C19H23N3O2. The van der Waals surface area contributed by atoms with Crippen molar-refractivity contribution in [3.63, 3.8) is 0 Å². The zero-order chi connectivity index (χ0) is 15.6. The maximum Gasteiger partial charge on any atom is 0.416 e. The summed E-state index contributed by atoms with van der Waals surface area (Å²) in [4.78, 5) is 21.6. The molecular weight excluding hydrogens is 302 g/mol. The van der Waals surface area contributed by atoms with Gasteiger partial charge >= 0.3 is 6.09 Å². The number of carbonyl (C=O) groups is 1. The number of hydrogen-bond donors (Lipinski definition) is 0. The monoisotopic (exact) mass is 325 g/mol. The van der Waals surface area contributed by atoms with Crippen molar-refractivity contribution in [2.45, 2.75) is 34.3 Å². The van der Waals surface area contributed by atoms with Gasteiger partial charge in [-0.05, 0) is 38.1 Å². The smallest absolute Gasteiger partial charge is 0.416 e. The molecule has 2 aromatic heterocycles. The van der Waals surface area contributed by atoms with E-state index in [-0.39, 0.29) is 20.9 Å². The molecule has 0 radical (unpaired) electrons. The van der Waals surface area contributed by atoms with E-state index in [4.69, 9.17) is 4.74 Å². The Balaban J connectivity index is 0.00000144. The first-order valence-corrected chi connectivity index (χ1v) is 6.92. The third kappa shape index (κ3) is 4.32. The molecule has 1 saturated heterocycles. The van der Waals surface area contributed by atoms with Crippen LogP contribution in [-0.4, -0.2) is 28.2 Å². The Morgan fingerprint density at radius 3 is 2.33 bits per heavy atom. The summed E-state index contributed by atoms with van der Waals surface area (Å²) in [6, 6.07) is 7.34. The van der Waals surface area contributed by atoms with Crippen LogP contribution in [0.1, 0.15) is 39.8 Å². The zero-order valence-electron chi connectivity index (χ0n) is 12.4. The predicted octanol–water partition coefficient (Wildman–Crippen LogP) is 3.88. The van der Waals surface area contributed by atoms with Crippen molar-refractivity contribution < 1.29 is 9.53 Å². The number of anilines is 1. The fourth-order valence-corrected chi connectivity index (χ4v) is 2.14. The Morgan fingerprint density at radius 2 is 1.83 bits per heavy atom. The van der Waals surface area contributed by atoms with Crippen LogP contribution in [0.15, 0.2) is 42.9 Å². The number of rotatable bonds is 1. The van der Waals surface area contributed by atoms with Crippen molar-refractivity contribution in [1.29, 1.82) is 0 Å². The first-order chi connectivity index (χ1) is 10.5. The van der Waals surface area contributed by atoms with Crippen LogP contribution in [0.4, 0.5) is 10.6 Å². The average Bonchev–Trinajstić information content (AvgIpc) is 2.80. The van der Waals surface area contributed by atoms with Gasteiger partial charge in [-0.3, -0.25) is 9.88 Å². The number of hydrogen-bond acceptors (Lipinski definition) is 4. The van der Waals surface area contributed by atoms with E-state index in [9.17, 15) is 4.79 Å². The van der Waals surface area contributed by atoms with Crippen LogP contribution in [0.5, 0.6) is 0 Å². The minimum Gasteiger partial charge on any atom is -0.441 e. The van der Waals surface area contributed by atoms with Crippen LogP contribution < -0.4 is 4.90 Å². The first kappa shape index (κ1) is 19.2. The van der Waals surface area contributed by atoms with E-state index in [0.29, 0.717) is 12.4 Å². The van der Waals surface area contributed by atoms with Crippen molar-refractivity contribution in [1.82, 2.24) is 9.97 Å². The number of aromatic nitrogens is 2. The molecule has 1 aliphatic rings. The van der Waals surface area contributed by atoms with E-state index in [2.05, 4.69) is 21.8 Å². The molecule has 5 heteroatoms. The molecule has 126 valence electrons. The first-order valence-electron chi connectivity index (χ1n) is 6.92. The van der Waals surface area contributed by atoms with Crippen molar-refractivity contribution in [3.8, 4) is 11.8 Å². The minimum atomic E-state index is -0.489. The number of ether oxygens (including phenoxy) is 1. The maximum atomic E-state index is 11.8. The number of cyclic esters (lactones) is 1. The minimum absolute atomic E-state index is 0. The number of pyridine rings is 2. The Hall–Kier alpha value is -2.87. The van der Waals surface area contributed by atoms with Gasteiger partial charge in [0.25, 0.3) is 0 Å². The van der Waals surface area contributed by atoms with Gasteiger partial charge in [0.1, 0.15) is 11.4 Å². The molecule has 3 rings (SSSR count). The zero-order valence-corrected chi connectivity index (χ0v) is 12.4. The van der Waals surface area contributed by atoms with E-state index < -0.39 is 5.60 Å². The van der Waals surface area contributed by atoms with Crippen LogP contribution >= 0.6 is 0 Å². The fourth-order valence-electron chi connectivity index (χ4n) is 2.14. The van der Waals surface area contributed by atoms with Gasteiger partial charge in [0.15, 0.2) is 0 Å². The summed E-state index contributed by atoms with van der Waals surface area (Å²) in [5.74, 6) is 6.60. The average molecular weight is 325 g/mol. The third-order valence-corrected chi connectivity index (χ3v) is 3.16.